The molecule has 2 aromatic heterocycles. The third kappa shape index (κ3) is 3.45. The lowest BCUT2D eigenvalue weighted by atomic mass is 10.2. The van der Waals surface area contributed by atoms with Crippen molar-refractivity contribution in [2.45, 2.75) is 20.8 Å². The highest BCUT2D eigenvalue weighted by Gasteiger charge is 2.20. The molecule has 0 bridgehead atoms. The van der Waals surface area contributed by atoms with Crippen LogP contribution in [-0.4, -0.2) is 16.8 Å². The van der Waals surface area contributed by atoms with Gasteiger partial charge in [0.25, 0.3) is 11.8 Å². The average molecular weight is 339 g/mol. The second-order valence-electron chi connectivity index (χ2n) is 5.52. The second-order valence-corrected chi connectivity index (χ2v) is 5.52. The van der Waals surface area contributed by atoms with E-state index in [1.807, 2.05) is 30.3 Å². The van der Waals surface area contributed by atoms with Gasteiger partial charge in [-0.25, -0.2) is 4.98 Å². The molecule has 3 rings (SSSR count). The van der Waals surface area contributed by atoms with Crippen molar-refractivity contribution in [3.63, 3.8) is 0 Å². The van der Waals surface area contributed by atoms with Gasteiger partial charge in [0.15, 0.2) is 5.69 Å². The molecule has 0 unspecified atom stereocenters. The Bertz CT molecular complexity index is 925. The summed E-state index contributed by atoms with van der Waals surface area (Å²) >= 11 is 0. The van der Waals surface area contributed by atoms with Gasteiger partial charge in [0.1, 0.15) is 17.3 Å². The first-order chi connectivity index (χ1) is 12.0. The van der Waals surface area contributed by atoms with Gasteiger partial charge < -0.3 is 8.83 Å². The molecule has 0 spiro atoms. The van der Waals surface area contributed by atoms with Crippen molar-refractivity contribution in [1.29, 1.82) is 0 Å². The van der Waals surface area contributed by atoms with E-state index < -0.39 is 11.8 Å². The molecule has 0 aliphatic carbocycles. The SMILES string of the molecule is Cc1cc(C(=O)NNC(=O)c2nc(-c3ccccc3)oc2C)c(C)o1. The molecule has 0 aliphatic heterocycles. The standard InChI is InChI=1S/C18H17N3O4/c1-10-9-14(11(2)24-10)16(22)20-21-17(23)15-12(3)25-18(19-15)13-7-5-4-6-8-13/h4-9H,1-3H3,(H,20,22)(H,21,23). The van der Waals surface area contributed by atoms with Gasteiger partial charge in [0.05, 0.1) is 5.56 Å². The fourth-order valence-corrected chi connectivity index (χ4v) is 2.41. The van der Waals surface area contributed by atoms with E-state index in [4.69, 9.17) is 8.83 Å². The van der Waals surface area contributed by atoms with Crippen molar-refractivity contribution < 1.29 is 18.4 Å². The van der Waals surface area contributed by atoms with E-state index in [2.05, 4.69) is 15.8 Å². The zero-order valence-corrected chi connectivity index (χ0v) is 14.0. The van der Waals surface area contributed by atoms with E-state index >= 15 is 0 Å². The highest BCUT2D eigenvalue weighted by molar-refractivity contribution is 5.99. The number of benzene rings is 1. The number of aryl methyl sites for hydroxylation is 3. The molecule has 25 heavy (non-hydrogen) atoms. The molecule has 0 saturated carbocycles. The number of nitrogens with zero attached hydrogens (tertiary/aromatic N) is 1. The van der Waals surface area contributed by atoms with Crippen LogP contribution in [0.2, 0.25) is 0 Å². The van der Waals surface area contributed by atoms with Crippen LogP contribution in [0.4, 0.5) is 0 Å². The number of hydrazine groups is 1. The van der Waals surface area contributed by atoms with Gasteiger partial charge in [-0.05, 0) is 39.0 Å². The maximum Gasteiger partial charge on any atom is 0.291 e. The smallest absolute Gasteiger partial charge is 0.291 e. The lowest BCUT2D eigenvalue weighted by Gasteiger charge is -2.05. The number of carbonyl (C=O) groups is 2. The summed E-state index contributed by atoms with van der Waals surface area (Å²) in [5.41, 5.74) is 5.92. The number of rotatable bonds is 3. The van der Waals surface area contributed by atoms with Crippen LogP contribution in [0, 0.1) is 20.8 Å². The Balaban J connectivity index is 1.71. The molecule has 7 nitrogen and oxygen atoms in total. The van der Waals surface area contributed by atoms with Gasteiger partial charge in [0, 0.05) is 5.56 Å². The van der Waals surface area contributed by atoms with Gasteiger partial charge in [-0.2, -0.15) is 0 Å². The van der Waals surface area contributed by atoms with Crippen LogP contribution < -0.4 is 10.9 Å². The van der Waals surface area contributed by atoms with Gasteiger partial charge >= 0.3 is 0 Å². The number of oxazole rings is 1. The van der Waals surface area contributed by atoms with Crippen molar-refractivity contribution in [2.24, 2.45) is 0 Å². The third-order valence-corrected chi connectivity index (χ3v) is 3.61. The molecule has 128 valence electrons. The molecule has 2 amide bonds. The average Bonchev–Trinajstić information content (AvgIpc) is 3.15. The summed E-state index contributed by atoms with van der Waals surface area (Å²) in [7, 11) is 0. The fraction of sp³-hybridized carbons (Fsp3) is 0.167. The summed E-state index contributed by atoms with van der Waals surface area (Å²) in [6.45, 7) is 5.06. The van der Waals surface area contributed by atoms with E-state index in [-0.39, 0.29) is 5.69 Å². The molecule has 0 aliphatic rings. The summed E-state index contributed by atoms with van der Waals surface area (Å²) in [4.78, 5) is 28.6. The third-order valence-electron chi connectivity index (χ3n) is 3.61. The number of hydrogen-bond acceptors (Lipinski definition) is 5. The van der Waals surface area contributed by atoms with E-state index in [1.54, 1.807) is 26.8 Å². The lowest BCUT2D eigenvalue weighted by Crippen LogP contribution is -2.42. The zero-order chi connectivity index (χ0) is 18.0. The number of aromatic nitrogens is 1. The quantitative estimate of drug-likeness (QED) is 0.715. The molecule has 0 radical (unpaired) electrons. The highest BCUT2D eigenvalue weighted by atomic mass is 16.4. The minimum atomic E-state index is -0.561. The highest BCUT2D eigenvalue weighted by Crippen LogP contribution is 2.21. The van der Waals surface area contributed by atoms with Crippen LogP contribution in [0.3, 0.4) is 0 Å². The van der Waals surface area contributed by atoms with Crippen LogP contribution in [0.1, 0.15) is 38.1 Å². The number of amides is 2. The summed E-state index contributed by atoms with van der Waals surface area (Å²) < 4.78 is 10.8. The molecule has 2 N–H and O–H groups in total. The Morgan fingerprint density at radius 1 is 0.920 bits per heavy atom. The molecule has 7 heteroatoms. The molecule has 0 fully saturated rings. The maximum atomic E-state index is 12.3. The fourth-order valence-electron chi connectivity index (χ4n) is 2.41. The largest absolute Gasteiger partial charge is 0.466 e. The predicted octanol–water partition coefficient (Wildman–Crippen LogP) is 2.93. The van der Waals surface area contributed by atoms with E-state index in [0.717, 1.165) is 5.56 Å². The molecule has 1 aromatic carbocycles. The van der Waals surface area contributed by atoms with Crippen LogP contribution in [0.5, 0.6) is 0 Å². The molecule has 3 aromatic rings. The summed E-state index contributed by atoms with van der Waals surface area (Å²) in [6.07, 6.45) is 0. The topological polar surface area (TPSA) is 97.4 Å². The Morgan fingerprint density at radius 3 is 2.24 bits per heavy atom. The van der Waals surface area contributed by atoms with Crippen molar-refractivity contribution >= 4 is 11.8 Å². The molecular weight excluding hydrogens is 322 g/mol. The Kier molecular flexibility index (Phi) is 4.38. The Morgan fingerprint density at radius 2 is 1.60 bits per heavy atom. The van der Waals surface area contributed by atoms with Crippen LogP contribution in [0.25, 0.3) is 11.5 Å². The van der Waals surface area contributed by atoms with Gasteiger partial charge in [0.2, 0.25) is 5.89 Å². The van der Waals surface area contributed by atoms with E-state index in [1.165, 1.54) is 0 Å². The first-order valence-electron chi connectivity index (χ1n) is 7.66. The van der Waals surface area contributed by atoms with E-state index in [0.29, 0.717) is 28.7 Å². The second kappa shape index (κ2) is 6.64. The predicted molar refractivity (Wildman–Crippen MR) is 89.8 cm³/mol. The normalized spacial score (nSPS) is 10.5. The van der Waals surface area contributed by atoms with Crippen molar-refractivity contribution in [3.8, 4) is 11.5 Å². The summed E-state index contributed by atoms with van der Waals surface area (Å²) in [5.74, 6) is 0.778. The van der Waals surface area contributed by atoms with Gasteiger partial charge in [-0.1, -0.05) is 18.2 Å². The minimum absolute atomic E-state index is 0.110. The molecule has 0 atom stereocenters. The summed E-state index contributed by atoms with van der Waals surface area (Å²) in [5, 5.41) is 0. The van der Waals surface area contributed by atoms with Crippen molar-refractivity contribution in [1.82, 2.24) is 15.8 Å². The minimum Gasteiger partial charge on any atom is -0.466 e. The van der Waals surface area contributed by atoms with Crippen LogP contribution in [0.15, 0.2) is 45.2 Å². The monoisotopic (exact) mass is 339 g/mol. The Labute approximate surface area is 144 Å². The molecule has 0 saturated heterocycles. The van der Waals surface area contributed by atoms with Crippen molar-refractivity contribution in [3.05, 3.63) is 64.9 Å². The number of hydrogen-bond donors (Lipinski definition) is 2. The molecule has 2 heterocycles. The summed E-state index contributed by atoms with van der Waals surface area (Å²) in [6, 6.07) is 10.8. The Hall–Kier alpha value is -3.35. The number of nitrogens with one attached hydrogen (secondary N) is 2. The van der Waals surface area contributed by atoms with Gasteiger partial charge in [-0.3, -0.25) is 20.4 Å². The van der Waals surface area contributed by atoms with Crippen LogP contribution >= 0.6 is 0 Å². The van der Waals surface area contributed by atoms with Crippen molar-refractivity contribution in [2.75, 3.05) is 0 Å². The number of carbonyl (C=O) groups excluding carboxylic acids is 2. The number of furan rings is 1. The van der Waals surface area contributed by atoms with E-state index in [9.17, 15) is 9.59 Å². The maximum absolute atomic E-state index is 12.3. The first-order valence-corrected chi connectivity index (χ1v) is 7.66. The first kappa shape index (κ1) is 16.5. The lowest BCUT2D eigenvalue weighted by molar-refractivity contribution is 0.0842. The zero-order valence-electron chi connectivity index (χ0n) is 14.0. The van der Waals surface area contributed by atoms with Crippen LogP contribution in [-0.2, 0) is 0 Å². The van der Waals surface area contributed by atoms with Gasteiger partial charge in [-0.15, -0.1) is 0 Å². The molecular formula is C18H17N3O4.